The molecular weight excluding hydrogens is 706 g/mol. The summed E-state index contributed by atoms with van der Waals surface area (Å²) in [6.45, 7) is 4.66. The van der Waals surface area contributed by atoms with Gasteiger partial charge in [0.2, 0.25) is 0 Å². The van der Waals surface area contributed by atoms with Crippen molar-refractivity contribution >= 4 is 26.6 Å². The van der Waals surface area contributed by atoms with Crippen molar-refractivity contribution in [2.75, 3.05) is 31.9 Å². The van der Waals surface area contributed by atoms with Crippen LogP contribution in [0.4, 0.5) is 26.3 Å². The predicted octanol–water partition coefficient (Wildman–Crippen LogP) is 8.20. The van der Waals surface area contributed by atoms with Crippen molar-refractivity contribution in [2.24, 2.45) is 0 Å². The Balaban J connectivity index is 1.52. The van der Waals surface area contributed by atoms with Crippen molar-refractivity contribution in [3.63, 3.8) is 0 Å². The smallest absolute Gasteiger partial charge is 0.337 e. The number of nitrogens with zero attached hydrogens (tertiary/aromatic N) is 3. The summed E-state index contributed by atoms with van der Waals surface area (Å²) in [4.78, 5) is 23.5. The molecule has 0 saturated carbocycles. The summed E-state index contributed by atoms with van der Waals surface area (Å²) < 4.78 is 111. The van der Waals surface area contributed by atoms with Gasteiger partial charge in [0.1, 0.15) is 0 Å². The number of halogens is 6. The highest BCUT2D eigenvalue weighted by Gasteiger charge is 2.43. The van der Waals surface area contributed by atoms with Gasteiger partial charge in [-0.25, -0.2) is 13.4 Å². The number of amides is 1. The van der Waals surface area contributed by atoms with E-state index in [0.29, 0.717) is 19.1 Å². The third kappa shape index (κ3) is 8.29. The third-order valence-electron chi connectivity index (χ3n) is 10.1. The van der Waals surface area contributed by atoms with E-state index < -0.39 is 39.7 Å². The normalized spacial score (nSPS) is 17.7. The Morgan fingerprint density at radius 2 is 1.58 bits per heavy atom. The summed E-state index contributed by atoms with van der Waals surface area (Å²) in [6, 6.07) is 13.0. The second-order valence-corrected chi connectivity index (χ2v) is 15.7. The van der Waals surface area contributed by atoms with Crippen molar-refractivity contribution in [2.45, 2.75) is 74.9 Å². The highest BCUT2D eigenvalue weighted by molar-refractivity contribution is 7.91. The van der Waals surface area contributed by atoms with Crippen LogP contribution < -0.4 is 5.32 Å². The van der Waals surface area contributed by atoms with Crippen LogP contribution in [0.3, 0.4) is 0 Å². The van der Waals surface area contributed by atoms with Crippen LogP contribution in [0.1, 0.15) is 72.1 Å². The molecule has 0 radical (unpaired) electrons. The molecule has 0 bridgehead atoms. The van der Waals surface area contributed by atoms with Gasteiger partial charge in [-0.05, 0) is 81.7 Å². The lowest BCUT2D eigenvalue weighted by Gasteiger charge is -2.40. The molecular formula is C38H40F6N4O3S. The SMILES string of the molecule is CCS(=O)(=O)c1ccc2c(C(=O)N[C@H](c3ccccc3)C(F)(F)F)c(CN3CCC(N4CCCCC4)CC3)c(-c3cccc(C(F)(F)F)c3)nc2c1. The molecule has 2 aliphatic heterocycles. The van der Waals surface area contributed by atoms with Crippen LogP contribution in [0.25, 0.3) is 22.2 Å². The minimum atomic E-state index is -4.90. The summed E-state index contributed by atoms with van der Waals surface area (Å²) in [5.41, 5.74) is -1.35. The lowest BCUT2D eigenvalue weighted by molar-refractivity contribution is -0.155. The Kier molecular flexibility index (Phi) is 11.0. The lowest BCUT2D eigenvalue weighted by atomic mass is 9.93. The molecule has 6 rings (SSSR count). The third-order valence-corrected chi connectivity index (χ3v) is 11.8. The number of hydrogen-bond donors (Lipinski definition) is 1. The van der Waals surface area contributed by atoms with Gasteiger partial charge in [0, 0.05) is 29.1 Å². The van der Waals surface area contributed by atoms with Crippen LogP contribution >= 0.6 is 0 Å². The van der Waals surface area contributed by atoms with E-state index in [9.17, 15) is 39.6 Å². The van der Waals surface area contributed by atoms with E-state index in [1.54, 1.807) is 6.07 Å². The van der Waals surface area contributed by atoms with Gasteiger partial charge in [0.05, 0.1) is 33.0 Å². The number of piperidine rings is 2. The second-order valence-electron chi connectivity index (χ2n) is 13.4. The molecule has 3 aromatic carbocycles. The zero-order chi connectivity index (χ0) is 37.3. The van der Waals surface area contributed by atoms with Gasteiger partial charge in [-0.2, -0.15) is 26.3 Å². The molecule has 7 nitrogen and oxygen atoms in total. The average molecular weight is 747 g/mol. The number of nitrogens with one attached hydrogen (secondary N) is 1. The lowest BCUT2D eigenvalue weighted by Crippen LogP contribution is -2.46. The number of carbonyl (C=O) groups excluding carboxylic acids is 1. The average Bonchev–Trinajstić information content (AvgIpc) is 3.13. The molecule has 4 aromatic rings. The molecule has 2 aliphatic rings. The zero-order valence-corrected chi connectivity index (χ0v) is 29.4. The molecule has 0 unspecified atom stereocenters. The topological polar surface area (TPSA) is 82.6 Å². The molecule has 0 aliphatic carbocycles. The first kappa shape index (κ1) is 37.7. The van der Waals surface area contributed by atoms with Crippen molar-refractivity contribution in [1.82, 2.24) is 20.1 Å². The van der Waals surface area contributed by atoms with Gasteiger partial charge in [0.15, 0.2) is 15.9 Å². The first-order valence-electron chi connectivity index (χ1n) is 17.4. The highest BCUT2D eigenvalue weighted by Crippen LogP contribution is 2.38. The monoisotopic (exact) mass is 746 g/mol. The number of benzene rings is 3. The van der Waals surface area contributed by atoms with Crippen molar-refractivity contribution in [3.8, 4) is 11.3 Å². The Labute approximate surface area is 298 Å². The van der Waals surface area contributed by atoms with Gasteiger partial charge >= 0.3 is 12.4 Å². The highest BCUT2D eigenvalue weighted by atomic mass is 32.2. The standard InChI is InChI=1S/C38H40F6N4O3S/c1-2-52(50,51)29-14-15-30-32(23-29)45-34(26-12-9-13-27(22-26)37(39,40)41)31(24-47-20-16-28(17-21-47)48-18-7-4-8-19-48)33(30)36(49)46-35(38(42,43)44)25-10-5-3-6-11-25/h3,5-6,9-15,22-23,28,35H,2,4,7-8,16-21,24H2,1H3,(H,46,49)/t35-/m1/s1. The maximum atomic E-state index is 14.6. The zero-order valence-electron chi connectivity index (χ0n) is 28.6. The maximum absolute atomic E-state index is 14.6. The number of sulfone groups is 1. The molecule has 1 amide bonds. The number of carbonyl (C=O) groups is 1. The molecule has 1 N–H and O–H groups in total. The van der Waals surface area contributed by atoms with E-state index in [4.69, 9.17) is 4.98 Å². The van der Waals surface area contributed by atoms with Gasteiger partial charge < -0.3 is 10.2 Å². The van der Waals surface area contributed by atoms with E-state index in [0.717, 1.165) is 50.9 Å². The molecule has 278 valence electrons. The van der Waals surface area contributed by atoms with Gasteiger partial charge in [0.25, 0.3) is 5.91 Å². The number of aromatic nitrogens is 1. The number of pyridine rings is 1. The summed E-state index contributed by atoms with van der Waals surface area (Å²) in [7, 11) is -3.80. The summed E-state index contributed by atoms with van der Waals surface area (Å²) in [5.74, 6) is -1.38. The van der Waals surface area contributed by atoms with Crippen LogP contribution in [-0.4, -0.2) is 73.3 Å². The quantitative estimate of drug-likeness (QED) is 0.174. The number of fused-ring (bicyclic) bond motifs is 1. The van der Waals surface area contributed by atoms with Crippen LogP contribution in [0, 0.1) is 0 Å². The van der Waals surface area contributed by atoms with Gasteiger partial charge in [-0.1, -0.05) is 61.9 Å². The van der Waals surface area contributed by atoms with Crippen LogP contribution in [0.2, 0.25) is 0 Å². The largest absolute Gasteiger partial charge is 0.416 e. The van der Waals surface area contributed by atoms with E-state index in [1.165, 1.54) is 67.9 Å². The fourth-order valence-corrected chi connectivity index (χ4v) is 8.19. The molecule has 0 spiro atoms. The number of likely N-dealkylation sites (tertiary alicyclic amines) is 2. The number of hydrogen-bond acceptors (Lipinski definition) is 6. The Morgan fingerprint density at radius 1 is 0.885 bits per heavy atom. The van der Waals surface area contributed by atoms with E-state index in [2.05, 4.69) is 10.2 Å². The van der Waals surface area contributed by atoms with E-state index in [-0.39, 0.29) is 56.0 Å². The molecule has 1 aromatic heterocycles. The minimum Gasteiger partial charge on any atom is -0.337 e. The Bertz CT molecular complexity index is 2010. The fraction of sp³-hybridized carbons (Fsp3) is 0.421. The van der Waals surface area contributed by atoms with Crippen molar-refractivity contribution in [3.05, 3.63) is 95.1 Å². The first-order valence-corrected chi connectivity index (χ1v) is 19.1. The van der Waals surface area contributed by atoms with Crippen molar-refractivity contribution < 1.29 is 39.6 Å². The van der Waals surface area contributed by atoms with E-state index in [1.807, 2.05) is 4.90 Å². The van der Waals surface area contributed by atoms with Crippen LogP contribution in [0.15, 0.2) is 77.7 Å². The Morgan fingerprint density at radius 3 is 2.21 bits per heavy atom. The molecule has 2 fully saturated rings. The number of alkyl halides is 6. The molecule has 3 heterocycles. The Hall–Kier alpha value is -4.01. The summed E-state index contributed by atoms with van der Waals surface area (Å²) in [5, 5.41) is 2.24. The fourth-order valence-electron chi connectivity index (χ4n) is 7.29. The first-order chi connectivity index (χ1) is 24.7. The maximum Gasteiger partial charge on any atom is 0.416 e. The van der Waals surface area contributed by atoms with Crippen LogP contribution in [0.5, 0.6) is 0 Å². The second kappa shape index (κ2) is 15.2. The molecule has 14 heteroatoms. The number of rotatable bonds is 9. The van der Waals surface area contributed by atoms with Crippen molar-refractivity contribution in [1.29, 1.82) is 0 Å². The summed E-state index contributed by atoms with van der Waals surface area (Å²) in [6.07, 6.45) is -4.55. The molecule has 2 saturated heterocycles. The van der Waals surface area contributed by atoms with Gasteiger partial charge in [-0.3, -0.25) is 9.69 Å². The summed E-state index contributed by atoms with van der Waals surface area (Å²) >= 11 is 0. The molecule has 1 atom stereocenters. The molecule has 52 heavy (non-hydrogen) atoms. The van der Waals surface area contributed by atoms with E-state index >= 15 is 0 Å². The minimum absolute atomic E-state index is 0.0110. The predicted molar refractivity (Wildman–Crippen MR) is 186 cm³/mol. The van der Waals surface area contributed by atoms with Gasteiger partial charge in [-0.15, -0.1) is 0 Å². The van der Waals surface area contributed by atoms with Crippen LogP contribution in [-0.2, 0) is 22.6 Å².